The predicted molar refractivity (Wildman–Crippen MR) is 73.3 cm³/mol. The molecule has 0 atom stereocenters. The largest absolute Gasteiger partial charge is 0.417 e. The smallest absolute Gasteiger partial charge is 0.379 e. The van der Waals surface area contributed by atoms with Crippen LogP contribution in [-0.4, -0.2) is 4.98 Å². The van der Waals surface area contributed by atoms with Crippen molar-refractivity contribution >= 4 is 33.0 Å². The highest BCUT2D eigenvalue weighted by Gasteiger charge is 2.33. The second-order valence-electron chi connectivity index (χ2n) is 3.90. The average molecular weight is 351 g/mol. The summed E-state index contributed by atoms with van der Waals surface area (Å²) >= 11 is 4.42. The third kappa shape index (κ3) is 3.70. The molecule has 1 N–H and O–H groups in total. The van der Waals surface area contributed by atoms with Crippen molar-refractivity contribution in [3.8, 4) is 0 Å². The fraction of sp³-hybridized carbons (Fsp3) is 0.250. The Morgan fingerprint density at radius 3 is 2.68 bits per heavy atom. The van der Waals surface area contributed by atoms with E-state index in [2.05, 4.69) is 26.2 Å². The van der Waals surface area contributed by atoms with Gasteiger partial charge in [0.1, 0.15) is 0 Å². The molecule has 0 saturated carbocycles. The first-order chi connectivity index (χ1) is 8.86. The monoisotopic (exact) mass is 350 g/mol. The predicted octanol–water partition coefficient (Wildman–Crippen LogP) is 4.84. The first-order valence-electron chi connectivity index (χ1n) is 5.38. The molecule has 0 saturated heterocycles. The van der Waals surface area contributed by atoms with Gasteiger partial charge in [0.2, 0.25) is 0 Å². The summed E-state index contributed by atoms with van der Waals surface area (Å²) in [5, 5.41) is 5.75. The number of thiazole rings is 1. The SMILES string of the molecule is Cc1nc(CNc2ccc(Br)c(C(F)(F)F)c2)cs1. The lowest BCUT2D eigenvalue weighted by Crippen LogP contribution is -2.07. The summed E-state index contributed by atoms with van der Waals surface area (Å²) in [4.78, 5) is 4.24. The van der Waals surface area contributed by atoms with Crippen LogP contribution in [0.1, 0.15) is 16.3 Å². The zero-order valence-electron chi connectivity index (χ0n) is 9.88. The molecule has 0 amide bonds. The molecule has 1 heterocycles. The summed E-state index contributed by atoms with van der Waals surface area (Å²) in [6.45, 7) is 2.29. The Balaban J connectivity index is 2.13. The molecule has 0 aliphatic heterocycles. The third-order valence-corrected chi connectivity index (χ3v) is 3.93. The Hall–Kier alpha value is -1.08. The summed E-state index contributed by atoms with van der Waals surface area (Å²) in [5.41, 5.74) is 0.548. The molecule has 19 heavy (non-hydrogen) atoms. The van der Waals surface area contributed by atoms with Crippen LogP contribution in [0.25, 0.3) is 0 Å². The quantitative estimate of drug-likeness (QED) is 0.856. The van der Waals surface area contributed by atoms with Gasteiger partial charge in [-0.15, -0.1) is 11.3 Å². The summed E-state index contributed by atoms with van der Waals surface area (Å²) in [7, 11) is 0. The second kappa shape index (κ2) is 5.50. The molecule has 2 aromatic rings. The molecule has 1 aromatic carbocycles. The Kier molecular flexibility index (Phi) is 4.15. The van der Waals surface area contributed by atoms with Gasteiger partial charge in [0.05, 0.1) is 22.8 Å². The minimum absolute atomic E-state index is 0.0371. The first-order valence-corrected chi connectivity index (χ1v) is 7.05. The summed E-state index contributed by atoms with van der Waals surface area (Å²) in [6, 6.07) is 4.07. The summed E-state index contributed by atoms with van der Waals surface area (Å²) in [5.74, 6) is 0. The van der Waals surface area contributed by atoms with Crippen LogP contribution in [0.15, 0.2) is 28.1 Å². The van der Waals surface area contributed by atoms with E-state index in [0.717, 1.165) is 16.8 Å². The Bertz CT molecular complexity index is 581. The molecule has 102 valence electrons. The maximum Gasteiger partial charge on any atom is 0.417 e. The molecule has 0 aliphatic carbocycles. The molecule has 0 fully saturated rings. The van der Waals surface area contributed by atoms with E-state index in [9.17, 15) is 13.2 Å². The van der Waals surface area contributed by atoms with Crippen molar-refractivity contribution in [1.29, 1.82) is 0 Å². The fourth-order valence-corrected chi connectivity index (χ4v) is 2.62. The molecule has 2 nitrogen and oxygen atoms in total. The number of alkyl halides is 3. The van der Waals surface area contributed by atoms with E-state index in [1.54, 1.807) is 6.07 Å². The molecule has 0 bridgehead atoms. The van der Waals surface area contributed by atoms with Crippen LogP contribution >= 0.6 is 27.3 Å². The number of rotatable bonds is 3. The zero-order chi connectivity index (χ0) is 14.0. The fourth-order valence-electron chi connectivity index (χ4n) is 1.53. The van der Waals surface area contributed by atoms with Crippen LogP contribution in [0.2, 0.25) is 0 Å². The van der Waals surface area contributed by atoms with Gasteiger partial charge < -0.3 is 5.32 Å². The average Bonchev–Trinajstić information content (AvgIpc) is 2.72. The van der Waals surface area contributed by atoms with Crippen molar-refractivity contribution in [2.24, 2.45) is 0 Å². The molecule has 2 rings (SSSR count). The highest BCUT2D eigenvalue weighted by atomic mass is 79.9. The van der Waals surface area contributed by atoms with E-state index in [4.69, 9.17) is 0 Å². The molecular formula is C12H10BrF3N2S. The van der Waals surface area contributed by atoms with E-state index in [1.165, 1.54) is 17.4 Å². The lowest BCUT2D eigenvalue weighted by atomic mass is 10.2. The van der Waals surface area contributed by atoms with E-state index in [-0.39, 0.29) is 4.47 Å². The van der Waals surface area contributed by atoms with Gasteiger partial charge in [-0.05, 0) is 25.1 Å². The number of aromatic nitrogens is 1. The first kappa shape index (κ1) is 14.3. The lowest BCUT2D eigenvalue weighted by molar-refractivity contribution is -0.138. The molecule has 0 aliphatic rings. The van der Waals surface area contributed by atoms with E-state index in [1.807, 2.05) is 12.3 Å². The summed E-state index contributed by atoms with van der Waals surface area (Å²) < 4.78 is 38.2. The number of halogens is 4. The van der Waals surface area contributed by atoms with Crippen LogP contribution < -0.4 is 5.32 Å². The van der Waals surface area contributed by atoms with Crippen LogP contribution in [0.4, 0.5) is 18.9 Å². The highest BCUT2D eigenvalue weighted by molar-refractivity contribution is 9.10. The molecule has 0 spiro atoms. The number of aryl methyl sites for hydroxylation is 1. The van der Waals surface area contributed by atoms with Crippen LogP contribution in [0, 0.1) is 6.92 Å². The van der Waals surface area contributed by atoms with Crippen LogP contribution in [0.5, 0.6) is 0 Å². The molecule has 0 radical (unpaired) electrons. The standard InChI is InChI=1S/C12H10BrF3N2S/c1-7-18-9(6-19-7)5-17-8-2-3-11(13)10(4-8)12(14,15)16/h2-4,6,17H,5H2,1H3. The van der Waals surface area contributed by atoms with Gasteiger partial charge in [-0.3, -0.25) is 0 Å². The zero-order valence-corrected chi connectivity index (χ0v) is 12.3. The van der Waals surface area contributed by atoms with Crippen LogP contribution in [0.3, 0.4) is 0 Å². The van der Waals surface area contributed by atoms with Gasteiger partial charge in [0.15, 0.2) is 0 Å². The normalized spacial score (nSPS) is 11.6. The van der Waals surface area contributed by atoms with E-state index >= 15 is 0 Å². The maximum atomic E-state index is 12.7. The minimum atomic E-state index is -4.37. The number of hydrogen-bond donors (Lipinski definition) is 1. The molecular weight excluding hydrogens is 341 g/mol. The van der Waals surface area contributed by atoms with Gasteiger partial charge in [-0.2, -0.15) is 13.2 Å². The number of anilines is 1. The Morgan fingerprint density at radius 1 is 1.37 bits per heavy atom. The van der Waals surface area contributed by atoms with E-state index < -0.39 is 11.7 Å². The Morgan fingerprint density at radius 2 is 2.11 bits per heavy atom. The molecule has 0 unspecified atom stereocenters. The lowest BCUT2D eigenvalue weighted by Gasteiger charge is -2.12. The maximum absolute atomic E-state index is 12.7. The number of nitrogens with one attached hydrogen (secondary N) is 1. The summed E-state index contributed by atoms with van der Waals surface area (Å²) in [6.07, 6.45) is -4.37. The highest BCUT2D eigenvalue weighted by Crippen LogP contribution is 2.36. The van der Waals surface area contributed by atoms with Crippen molar-refractivity contribution in [1.82, 2.24) is 4.98 Å². The van der Waals surface area contributed by atoms with Crippen molar-refractivity contribution in [2.75, 3.05) is 5.32 Å². The van der Waals surface area contributed by atoms with Gasteiger partial charge in [-0.1, -0.05) is 15.9 Å². The number of nitrogens with zero attached hydrogens (tertiary/aromatic N) is 1. The third-order valence-electron chi connectivity index (χ3n) is 2.41. The minimum Gasteiger partial charge on any atom is -0.379 e. The van der Waals surface area contributed by atoms with Gasteiger partial charge >= 0.3 is 6.18 Å². The van der Waals surface area contributed by atoms with Crippen molar-refractivity contribution in [3.63, 3.8) is 0 Å². The molecule has 7 heteroatoms. The topological polar surface area (TPSA) is 24.9 Å². The van der Waals surface area contributed by atoms with Gasteiger partial charge in [-0.25, -0.2) is 4.98 Å². The second-order valence-corrected chi connectivity index (χ2v) is 5.82. The van der Waals surface area contributed by atoms with Crippen LogP contribution in [-0.2, 0) is 12.7 Å². The number of benzene rings is 1. The van der Waals surface area contributed by atoms with E-state index in [0.29, 0.717) is 12.2 Å². The number of hydrogen-bond acceptors (Lipinski definition) is 3. The Labute approximate surface area is 120 Å². The van der Waals surface area contributed by atoms with Gasteiger partial charge in [0.25, 0.3) is 0 Å². The van der Waals surface area contributed by atoms with Crippen molar-refractivity contribution in [2.45, 2.75) is 19.6 Å². The van der Waals surface area contributed by atoms with Crippen molar-refractivity contribution in [3.05, 3.63) is 44.3 Å². The molecule has 1 aromatic heterocycles. The van der Waals surface area contributed by atoms with Gasteiger partial charge in [0, 0.05) is 15.5 Å². The van der Waals surface area contributed by atoms with Crippen molar-refractivity contribution < 1.29 is 13.2 Å².